The lowest BCUT2D eigenvalue weighted by Gasteiger charge is -2.16. The van der Waals surface area contributed by atoms with Gasteiger partial charge in [-0.3, -0.25) is 14.3 Å². The minimum Gasteiger partial charge on any atom is -0.481 e. The first-order chi connectivity index (χ1) is 12.7. The molecule has 8 heteroatoms. The zero-order valence-electron chi connectivity index (χ0n) is 16.1. The van der Waals surface area contributed by atoms with Crippen molar-refractivity contribution in [3.63, 3.8) is 0 Å². The lowest BCUT2D eigenvalue weighted by molar-refractivity contribution is -0.144. The summed E-state index contributed by atoms with van der Waals surface area (Å²) in [5.41, 5.74) is 2.69. The van der Waals surface area contributed by atoms with Crippen LogP contribution in [0, 0.1) is 20.8 Å². The number of benzene rings is 1. The van der Waals surface area contributed by atoms with Crippen LogP contribution in [0.15, 0.2) is 18.2 Å². The third kappa shape index (κ3) is 5.23. The predicted molar refractivity (Wildman–Crippen MR) is 103 cm³/mol. The molecule has 0 saturated carbocycles. The fourth-order valence-electron chi connectivity index (χ4n) is 2.57. The van der Waals surface area contributed by atoms with Gasteiger partial charge in [0.2, 0.25) is 0 Å². The third-order valence-corrected chi connectivity index (χ3v) is 4.26. The first-order valence-corrected chi connectivity index (χ1v) is 9.04. The second-order valence-corrected chi connectivity index (χ2v) is 6.60. The second-order valence-electron chi connectivity index (χ2n) is 6.17. The minimum atomic E-state index is -0.725. The topological polar surface area (TPSA) is 82.5 Å². The highest BCUT2D eigenvalue weighted by Gasteiger charge is 2.21. The fourth-order valence-corrected chi connectivity index (χ4v) is 2.80. The van der Waals surface area contributed by atoms with Gasteiger partial charge in [-0.05, 0) is 58.4 Å². The van der Waals surface area contributed by atoms with E-state index in [9.17, 15) is 9.59 Å². The summed E-state index contributed by atoms with van der Waals surface area (Å²) in [6.45, 7) is 9.11. The SMILES string of the molecule is CCOC(=O)Cn1nc(C)c(NC(=O)C(C)Oc2ccc(Cl)cc2C)c1C. The van der Waals surface area contributed by atoms with Crippen molar-refractivity contribution in [3.05, 3.63) is 40.2 Å². The predicted octanol–water partition coefficient (Wildman–Crippen LogP) is 3.43. The molecular weight excluding hydrogens is 370 g/mol. The van der Waals surface area contributed by atoms with Crippen molar-refractivity contribution in [2.75, 3.05) is 11.9 Å². The highest BCUT2D eigenvalue weighted by molar-refractivity contribution is 6.30. The van der Waals surface area contributed by atoms with Crippen LogP contribution in [-0.2, 0) is 20.9 Å². The zero-order valence-corrected chi connectivity index (χ0v) is 16.9. The molecule has 0 aliphatic carbocycles. The summed E-state index contributed by atoms with van der Waals surface area (Å²) in [7, 11) is 0. The number of hydrogen-bond acceptors (Lipinski definition) is 5. The molecule has 1 atom stereocenters. The Morgan fingerprint density at radius 1 is 1.30 bits per heavy atom. The van der Waals surface area contributed by atoms with Crippen LogP contribution in [0.1, 0.15) is 30.8 Å². The van der Waals surface area contributed by atoms with Crippen LogP contribution >= 0.6 is 11.6 Å². The maximum atomic E-state index is 12.5. The van der Waals surface area contributed by atoms with E-state index in [0.717, 1.165) is 5.56 Å². The highest BCUT2D eigenvalue weighted by Crippen LogP contribution is 2.24. The van der Waals surface area contributed by atoms with E-state index in [-0.39, 0.29) is 18.4 Å². The van der Waals surface area contributed by atoms with E-state index in [1.165, 1.54) is 4.68 Å². The fraction of sp³-hybridized carbons (Fsp3) is 0.421. The van der Waals surface area contributed by atoms with E-state index in [4.69, 9.17) is 21.1 Å². The lowest BCUT2D eigenvalue weighted by Crippen LogP contribution is -2.30. The maximum absolute atomic E-state index is 12.5. The Kier molecular flexibility index (Phi) is 6.85. The monoisotopic (exact) mass is 393 g/mol. The quantitative estimate of drug-likeness (QED) is 0.728. The number of amides is 1. The van der Waals surface area contributed by atoms with Crippen molar-refractivity contribution in [2.24, 2.45) is 0 Å². The van der Waals surface area contributed by atoms with Crippen LogP contribution in [0.25, 0.3) is 0 Å². The molecule has 2 rings (SSSR count). The molecule has 1 amide bonds. The van der Waals surface area contributed by atoms with Crippen LogP contribution in [0.5, 0.6) is 5.75 Å². The Labute approximate surface area is 163 Å². The first-order valence-electron chi connectivity index (χ1n) is 8.66. The summed E-state index contributed by atoms with van der Waals surface area (Å²) in [5.74, 6) is -0.101. The number of halogens is 1. The van der Waals surface area contributed by atoms with E-state index in [2.05, 4.69) is 10.4 Å². The van der Waals surface area contributed by atoms with Crippen molar-refractivity contribution in [2.45, 2.75) is 47.3 Å². The average molecular weight is 394 g/mol. The molecule has 7 nitrogen and oxygen atoms in total. The molecular formula is C19H24ClN3O4. The number of rotatable bonds is 7. The molecule has 1 N–H and O–H groups in total. The van der Waals surface area contributed by atoms with Crippen molar-refractivity contribution in [1.82, 2.24) is 9.78 Å². The maximum Gasteiger partial charge on any atom is 0.327 e. The molecule has 27 heavy (non-hydrogen) atoms. The van der Waals surface area contributed by atoms with Crippen molar-refractivity contribution >= 4 is 29.2 Å². The number of nitrogens with one attached hydrogen (secondary N) is 1. The molecule has 146 valence electrons. The Morgan fingerprint density at radius 2 is 2.00 bits per heavy atom. The van der Waals surface area contributed by atoms with Gasteiger partial charge in [0.1, 0.15) is 12.3 Å². The number of carbonyl (C=O) groups excluding carboxylic acids is 2. The number of anilines is 1. The Hall–Kier alpha value is -2.54. The van der Waals surface area contributed by atoms with E-state index < -0.39 is 6.10 Å². The number of ether oxygens (including phenoxy) is 2. The Balaban J connectivity index is 2.08. The van der Waals surface area contributed by atoms with E-state index in [1.807, 2.05) is 6.92 Å². The van der Waals surface area contributed by atoms with Gasteiger partial charge in [0.15, 0.2) is 6.10 Å². The summed E-state index contributed by atoms with van der Waals surface area (Å²) < 4.78 is 12.2. The molecule has 0 radical (unpaired) electrons. The third-order valence-electron chi connectivity index (χ3n) is 4.02. The largest absolute Gasteiger partial charge is 0.481 e. The standard InChI is InChI=1S/C19H24ClN3O4/c1-6-26-17(24)10-23-13(4)18(12(3)22-23)21-19(25)14(5)27-16-8-7-15(20)9-11(16)2/h7-9,14H,6,10H2,1-5H3,(H,21,25). The number of esters is 1. The van der Waals surface area contributed by atoms with Gasteiger partial charge in [-0.15, -0.1) is 0 Å². The van der Waals surface area contributed by atoms with Crippen LogP contribution < -0.4 is 10.1 Å². The number of aryl methyl sites for hydroxylation is 2. The van der Waals surface area contributed by atoms with Crippen molar-refractivity contribution in [1.29, 1.82) is 0 Å². The molecule has 0 fully saturated rings. The zero-order chi connectivity index (χ0) is 20.1. The smallest absolute Gasteiger partial charge is 0.327 e. The number of nitrogens with zero attached hydrogens (tertiary/aromatic N) is 2. The van der Waals surface area contributed by atoms with Crippen molar-refractivity contribution < 1.29 is 19.1 Å². The first kappa shape index (κ1) is 20.8. The number of carbonyl (C=O) groups is 2. The van der Waals surface area contributed by atoms with E-state index in [1.54, 1.807) is 45.9 Å². The summed E-state index contributed by atoms with van der Waals surface area (Å²) in [4.78, 5) is 24.2. The van der Waals surface area contributed by atoms with Gasteiger partial charge < -0.3 is 14.8 Å². The van der Waals surface area contributed by atoms with Gasteiger partial charge in [-0.2, -0.15) is 5.10 Å². The van der Waals surface area contributed by atoms with E-state index in [0.29, 0.717) is 34.5 Å². The van der Waals surface area contributed by atoms with Gasteiger partial charge in [0.25, 0.3) is 5.91 Å². The summed E-state index contributed by atoms with van der Waals surface area (Å²) >= 11 is 5.94. The molecule has 2 aromatic rings. The molecule has 0 saturated heterocycles. The Bertz CT molecular complexity index is 848. The average Bonchev–Trinajstić information content (AvgIpc) is 2.84. The molecule has 1 heterocycles. The van der Waals surface area contributed by atoms with Crippen molar-refractivity contribution in [3.8, 4) is 5.75 Å². The molecule has 0 aliphatic rings. The molecule has 0 aliphatic heterocycles. The van der Waals surface area contributed by atoms with Gasteiger partial charge in [-0.1, -0.05) is 11.6 Å². The van der Waals surface area contributed by atoms with Gasteiger partial charge >= 0.3 is 5.97 Å². The van der Waals surface area contributed by atoms with Crippen LogP contribution in [0.3, 0.4) is 0 Å². The van der Waals surface area contributed by atoms with Gasteiger partial charge in [-0.25, -0.2) is 0 Å². The van der Waals surface area contributed by atoms with Crippen LogP contribution in [0.4, 0.5) is 5.69 Å². The molecule has 1 aromatic carbocycles. The second kappa shape index (κ2) is 8.90. The highest BCUT2D eigenvalue weighted by atomic mass is 35.5. The van der Waals surface area contributed by atoms with Crippen LogP contribution in [-0.4, -0.2) is 34.4 Å². The molecule has 1 unspecified atom stereocenters. The molecule has 1 aromatic heterocycles. The van der Waals surface area contributed by atoms with Crippen LogP contribution in [0.2, 0.25) is 5.02 Å². The lowest BCUT2D eigenvalue weighted by atomic mass is 10.2. The number of aromatic nitrogens is 2. The minimum absolute atomic E-state index is 0.00753. The molecule has 0 bridgehead atoms. The summed E-state index contributed by atoms with van der Waals surface area (Å²) in [6, 6.07) is 5.22. The normalized spacial score (nSPS) is 11.8. The molecule has 0 spiro atoms. The van der Waals surface area contributed by atoms with E-state index >= 15 is 0 Å². The van der Waals surface area contributed by atoms with Gasteiger partial charge in [0.05, 0.1) is 23.7 Å². The summed E-state index contributed by atoms with van der Waals surface area (Å²) in [5, 5.41) is 7.74. The van der Waals surface area contributed by atoms with Gasteiger partial charge in [0, 0.05) is 5.02 Å². The summed E-state index contributed by atoms with van der Waals surface area (Å²) in [6.07, 6.45) is -0.725. The number of hydrogen-bond donors (Lipinski definition) is 1. The Morgan fingerprint density at radius 3 is 2.63 bits per heavy atom.